The second kappa shape index (κ2) is 12.6. The van der Waals surface area contributed by atoms with E-state index in [1.165, 1.54) is 37.6 Å². The number of hydrogen-bond acceptors (Lipinski definition) is 6. The summed E-state index contributed by atoms with van der Waals surface area (Å²) in [6, 6.07) is 12.4. The Balaban J connectivity index is 0.000000271. The second-order valence-electron chi connectivity index (χ2n) is 8.16. The van der Waals surface area contributed by atoms with Crippen molar-refractivity contribution in [2.45, 2.75) is 25.4 Å². The molecule has 0 spiro atoms. The maximum atomic E-state index is 10.6. The smallest absolute Gasteiger partial charge is 0.475 e. The molecule has 14 heteroatoms. The number of alkyl halides is 6. The molecule has 4 rings (SSSR count). The molecule has 0 aromatic carbocycles. The molecule has 0 saturated carbocycles. The highest BCUT2D eigenvalue weighted by Gasteiger charge is 2.40. The zero-order chi connectivity index (χ0) is 26.9. The fourth-order valence-electron chi connectivity index (χ4n) is 3.89. The number of rotatable bonds is 4. The quantitative estimate of drug-likeness (QED) is 0.590. The summed E-state index contributed by atoms with van der Waals surface area (Å²) in [6.07, 6.45) is -6.39. The highest BCUT2D eigenvalue weighted by atomic mass is 19.4. The van der Waals surface area contributed by atoms with Gasteiger partial charge in [0.15, 0.2) is 0 Å². The number of likely N-dealkylation sites (tertiary alicyclic amines) is 2. The highest BCUT2D eigenvalue weighted by molar-refractivity contribution is 5.73. The molecule has 2 N–H and O–H groups in total. The number of pyridine rings is 2. The van der Waals surface area contributed by atoms with Crippen molar-refractivity contribution in [2.75, 3.05) is 26.2 Å². The van der Waals surface area contributed by atoms with Crippen LogP contribution >= 0.6 is 0 Å². The van der Waals surface area contributed by atoms with Crippen molar-refractivity contribution in [2.24, 2.45) is 11.8 Å². The van der Waals surface area contributed by atoms with Crippen molar-refractivity contribution in [1.29, 1.82) is 0 Å². The molecule has 8 nitrogen and oxygen atoms in total. The fourth-order valence-corrected chi connectivity index (χ4v) is 3.89. The van der Waals surface area contributed by atoms with Crippen molar-refractivity contribution in [3.8, 4) is 0 Å². The van der Waals surface area contributed by atoms with E-state index in [9.17, 15) is 26.3 Å². The van der Waals surface area contributed by atoms with E-state index in [1.54, 1.807) is 0 Å². The lowest BCUT2D eigenvalue weighted by Gasteiger charge is -2.20. The number of carboxylic acids is 2. The van der Waals surface area contributed by atoms with Crippen LogP contribution in [-0.4, -0.2) is 80.5 Å². The lowest BCUT2D eigenvalue weighted by molar-refractivity contribution is -0.193. The van der Waals surface area contributed by atoms with Gasteiger partial charge < -0.3 is 10.2 Å². The van der Waals surface area contributed by atoms with Crippen LogP contribution < -0.4 is 0 Å². The third-order valence-electron chi connectivity index (χ3n) is 5.35. The molecule has 0 aliphatic carbocycles. The van der Waals surface area contributed by atoms with Crippen molar-refractivity contribution in [3.05, 3.63) is 60.2 Å². The standard InChI is InChI=1S/C18H22N4.2C2HF3O2/c1-3-7-19-17(5-1)13-21-9-15-11-22(12-16(15)10-21)14-18-6-2-4-8-20-18;2*3-2(4,5)1(6)7/h1-8,15-16H,9-14H2;2*(H,6,7). The van der Waals surface area contributed by atoms with Gasteiger partial charge in [-0.15, -0.1) is 0 Å². The molecule has 2 aliphatic heterocycles. The van der Waals surface area contributed by atoms with Crippen molar-refractivity contribution in [3.63, 3.8) is 0 Å². The summed E-state index contributed by atoms with van der Waals surface area (Å²) in [4.78, 5) is 31.8. The van der Waals surface area contributed by atoms with Crippen LogP contribution in [0.4, 0.5) is 26.3 Å². The Morgan fingerprint density at radius 2 is 1.03 bits per heavy atom. The van der Waals surface area contributed by atoms with Crippen LogP contribution in [0.3, 0.4) is 0 Å². The molecule has 2 fully saturated rings. The Morgan fingerprint density at radius 1 is 0.722 bits per heavy atom. The second-order valence-corrected chi connectivity index (χ2v) is 8.16. The Bertz CT molecular complexity index is 884. The van der Waals surface area contributed by atoms with E-state index in [-0.39, 0.29) is 0 Å². The van der Waals surface area contributed by atoms with Gasteiger partial charge in [-0.2, -0.15) is 26.3 Å². The molecule has 0 amide bonds. The van der Waals surface area contributed by atoms with E-state index >= 15 is 0 Å². The predicted octanol–water partition coefficient (Wildman–Crippen LogP) is 3.31. The molecule has 2 aromatic heterocycles. The molecule has 0 atom stereocenters. The summed E-state index contributed by atoms with van der Waals surface area (Å²) in [7, 11) is 0. The molecule has 2 aromatic rings. The van der Waals surface area contributed by atoms with Crippen LogP contribution in [0.1, 0.15) is 11.4 Å². The fraction of sp³-hybridized carbons (Fsp3) is 0.455. The Kier molecular flexibility index (Phi) is 10.2. The van der Waals surface area contributed by atoms with Gasteiger partial charge in [0.05, 0.1) is 11.4 Å². The van der Waals surface area contributed by atoms with E-state index < -0.39 is 24.3 Å². The molecule has 2 saturated heterocycles. The number of carboxylic acid groups (broad SMARTS) is 2. The zero-order valence-corrected chi connectivity index (χ0v) is 18.8. The van der Waals surface area contributed by atoms with E-state index in [1.807, 2.05) is 24.5 Å². The molecule has 36 heavy (non-hydrogen) atoms. The topological polar surface area (TPSA) is 107 Å². The summed E-state index contributed by atoms with van der Waals surface area (Å²) in [5, 5.41) is 14.2. The van der Waals surface area contributed by atoms with Crippen LogP contribution in [0, 0.1) is 11.8 Å². The van der Waals surface area contributed by atoms with Gasteiger partial charge >= 0.3 is 24.3 Å². The number of carbonyl (C=O) groups is 2. The number of nitrogens with zero attached hydrogens (tertiary/aromatic N) is 4. The first-order chi connectivity index (χ1) is 16.8. The minimum atomic E-state index is -5.08. The van der Waals surface area contributed by atoms with E-state index in [0.29, 0.717) is 0 Å². The van der Waals surface area contributed by atoms with Crippen LogP contribution in [-0.2, 0) is 22.7 Å². The number of aliphatic carboxylic acids is 2. The first-order valence-electron chi connectivity index (χ1n) is 10.6. The van der Waals surface area contributed by atoms with Crippen LogP contribution in [0.5, 0.6) is 0 Å². The number of fused-ring (bicyclic) bond motifs is 1. The van der Waals surface area contributed by atoms with Crippen LogP contribution in [0.15, 0.2) is 48.8 Å². The SMILES string of the molecule is O=C(O)C(F)(F)F.O=C(O)C(F)(F)F.c1ccc(CN2CC3CN(Cc4ccccn4)CC3C2)nc1. The van der Waals surface area contributed by atoms with Gasteiger partial charge in [-0.05, 0) is 36.1 Å². The van der Waals surface area contributed by atoms with Gasteiger partial charge in [-0.25, -0.2) is 9.59 Å². The van der Waals surface area contributed by atoms with Crippen LogP contribution in [0.25, 0.3) is 0 Å². The normalized spacial score (nSPS) is 19.9. The minimum absolute atomic E-state index is 0.812. The van der Waals surface area contributed by atoms with Crippen LogP contribution in [0.2, 0.25) is 0 Å². The first kappa shape index (κ1) is 29.0. The van der Waals surface area contributed by atoms with Crippen molar-refractivity contribution >= 4 is 11.9 Å². The maximum Gasteiger partial charge on any atom is 0.490 e. The Hall–Kier alpha value is -3.26. The van der Waals surface area contributed by atoms with Gasteiger partial charge in [0.2, 0.25) is 0 Å². The summed E-state index contributed by atoms with van der Waals surface area (Å²) in [5.74, 6) is -3.89. The Labute approximate surface area is 202 Å². The molecular formula is C22H24F6N4O4. The predicted molar refractivity (Wildman–Crippen MR) is 113 cm³/mol. The van der Waals surface area contributed by atoms with Gasteiger partial charge in [-0.3, -0.25) is 19.8 Å². The average molecular weight is 522 g/mol. The molecule has 0 bridgehead atoms. The lowest BCUT2D eigenvalue weighted by Crippen LogP contribution is -2.28. The van der Waals surface area contributed by atoms with Crippen molar-refractivity contribution < 1.29 is 46.1 Å². The van der Waals surface area contributed by atoms with Gasteiger partial charge in [0, 0.05) is 51.7 Å². The van der Waals surface area contributed by atoms with Gasteiger partial charge in [0.25, 0.3) is 0 Å². The van der Waals surface area contributed by atoms with E-state index in [2.05, 4.69) is 44.0 Å². The van der Waals surface area contributed by atoms with E-state index in [4.69, 9.17) is 19.8 Å². The summed E-state index contributed by atoms with van der Waals surface area (Å²) in [6.45, 7) is 6.82. The number of aromatic nitrogens is 2. The lowest BCUT2D eigenvalue weighted by atomic mass is 10.0. The molecule has 4 heterocycles. The Morgan fingerprint density at radius 3 is 1.25 bits per heavy atom. The average Bonchev–Trinajstić information content (AvgIpc) is 3.32. The third-order valence-corrected chi connectivity index (χ3v) is 5.35. The maximum absolute atomic E-state index is 10.6. The molecule has 0 unspecified atom stereocenters. The molecule has 2 aliphatic rings. The van der Waals surface area contributed by atoms with Gasteiger partial charge in [-0.1, -0.05) is 12.1 Å². The summed E-state index contributed by atoms with van der Waals surface area (Å²) < 4.78 is 63.5. The largest absolute Gasteiger partial charge is 0.490 e. The molecular weight excluding hydrogens is 498 g/mol. The molecule has 198 valence electrons. The third kappa shape index (κ3) is 9.77. The number of hydrogen-bond donors (Lipinski definition) is 2. The summed E-state index contributed by atoms with van der Waals surface area (Å²) >= 11 is 0. The van der Waals surface area contributed by atoms with Gasteiger partial charge in [0.1, 0.15) is 0 Å². The minimum Gasteiger partial charge on any atom is -0.475 e. The monoisotopic (exact) mass is 522 g/mol. The van der Waals surface area contributed by atoms with E-state index in [0.717, 1.165) is 24.9 Å². The highest BCUT2D eigenvalue weighted by Crippen LogP contribution is 2.32. The zero-order valence-electron chi connectivity index (χ0n) is 18.8. The first-order valence-corrected chi connectivity index (χ1v) is 10.6. The number of halogens is 6. The summed E-state index contributed by atoms with van der Waals surface area (Å²) in [5.41, 5.74) is 2.38. The van der Waals surface area contributed by atoms with Crippen molar-refractivity contribution in [1.82, 2.24) is 19.8 Å². The molecule has 0 radical (unpaired) electrons.